The number of thiazole rings is 1. The van der Waals surface area contributed by atoms with Gasteiger partial charge in [-0.05, 0) is 62.0 Å². The van der Waals surface area contributed by atoms with Gasteiger partial charge in [-0.2, -0.15) is 0 Å². The molecule has 0 spiro atoms. The molecule has 0 saturated heterocycles. The van der Waals surface area contributed by atoms with Crippen molar-refractivity contribution in [1.82, 2.24) is 15.6 Å². The van der Waals surface area contributed by atoms with Crippen LogP contribution in [-0.4, -0.2) is 53.3 Å². The highest BCUT2D eigenvalue weighted by Crippen LogP contribution is 2.30. The van der Waals surface area contributed by atoms with Crippen molar-refractivity contribution in [3.8, 4) is 12.8 Å². The maximum absolute atomic E-state index is 13.1. The van der Waals surface area contributed by atoms with E-state index in [0.29, 0.717) is 30.6 Å². The molecule has 0 radical (unpaired) electrons. The highest BCUT2D eigenvalue weighted by atomic mass is 32.1. The lowest BCUT2D eigenvalue weighted by molar-refractivity contribution is -0.384. The van der Waals surface area contributed by atoms with Gasteiger partial charge in [-0.1, -0.05) is 101 Å². The summed E-state index contributed by atoms with van der Waals surface area (Å²) in [4.78, 5) is 52.0. The number of nitrogens with one attached hydrogen (secondary N) is 2. The zero-order valence-electron chi connectivity index (χ0n) is 34.8. The van der Waals surface area contributed by atoms with Crippen LogP contribution >= 0.6 is 11.3 Å². The molecule has 2 N–H and O–H groups in total. The molecular weight excluding hydrogens is 689 g/mol. The van der Waals surface area contributed by atoms with Crippen LogP contribution in [0, 0.1) is 40.2 Å². The van der Waals surface area contributed by atoms with Crippen molar-refractivity contribution in [2.75, 3.05) is 13.7 Å². The number of nitro benzene ring substituents is 1. The van der Waals surface area contributed by atoms with Crippen molar-refractivity contribution in [1.29, 1.82) is 0 Å². The number of carbonyl (C=O) groups excluding carboxylic acids is 3. The average Bonchev–Trinajstić information content (AvgIpc) is 3.61. The first-order chi connectivity index (χ1) is 24.9. The third-order valence-corrected chi connectivity index (χ3v) is 9.70. The second-order valence-corrected chi connectivity index (χ2v) is 15.8. The Balaban J connectivity index is 0. The second kappa shape index (κ2) is 28.8. The third kappa shape index (κ3) is 23.6. The number of carbonyl (C=O) groups is 3. The van der Waals surface area contributed by atoms with Crippen LogP contribution in [-0.2, 0) is 20.7 Å². The van der Waals surface area contributed by atoms with Crippen molar-refractivity contribution in [2.24, 2.45) is 17.3 Å². The van der Waals surface area contributed by atoms with Gasteiger partial charge in [-0.3, -0.25) is 19.7 Å². The van der Waals surface area contributed by atoms with E-state index < -0.39 is 16.9 Å². The van der Waals surface area contributed by atoms with E-state index in [9.17, 15) is 24.5 Å². The number of aromatic nitrogens is 1. The number of esters is 1. The van der Waals surface area contributed by atoms with Gasteiger partial charge in [0.05, 0.1) is 17.0 Å². The summed E-state index contributed by atoms with van der Waals surface area (Å²) in [7, 11) is 1.31. The van der Waals surface area contributed by atoms with Crippen molar-refractivity contribution < 1.29 is 24.0 Å². The standard InChI is InChI=1S/C27H38N4O6S.C10H22.C3H8.C2H2/c1-6-28-23(17(2)3)15-20(13-18(4)32)27-30-24(16-38-27)26(34)29-21(9-12-25(33)37-5)14-19-7-10-22(11-8-19)31(35)36;1-6-10(4,5)8-7-9(2)3;1-3-2;1-2/h7-8,10-11,16-17,20-21,23,28H,6,9,12-15H2,1-5H3,(H,29,34);9H,6-8H2,1-5H3;3H2,1-2H3;1-2H. The van der Waals surface area contributed by atoms with Crippen LogP contribution in [0.1, 0.15) is 155 Å². The number of Topliss-reactive ketones (excluding diaryl/α,β-unsaturated/α-hetero) is 1. The Morgan fingerprint density at radius 3 is 2.06 bits per heavy atom. The number of nitrogens with zero attached hydrogens (tertiary/aromatic N) is 2. The molecule has 3 atom stereocenters. The lowest BCUT2D eigenvalue weighted by atomic mass is 9.83. The molecule has 0 aliphatic carbocycles. The lowest BCUT2D eigenvalue weighted by Crippen LogP contribution is -2.37. The van der Waals surface area contributed by atoms with Crippen LogP contribution in [0.2, 0.25) is 0 Å². The average molecular weight is 759 g/mol. The van der Waals surface area contributed by atoms with Crippen molar-refractivity contribution in [3.63, 3.8) is 0 Å². The van der Waals surface area contributed by atoms with E-state index >= 15 is 0 Å². The number of methoxy groups -OCH3 is 1. The Bertz CT molecular complexity index is 1340. The Kier molecular flexibility index (Phi) is 28.0. The maximum Gasteiger partial charge on any atom is 0.305 e. The molecule has 0 aliphatic heterocycles. The predicted octanol–water partition coefficient (Wildman–Crippen LogP) is 9.96. The highest BCUT2D eigenvalue weighted by Gasteiger charge is 2.26. The number of nitro groups is 1. The molecule has 3 unspecified atom stereocenters. The van der Waals surface area contributed by atoms with E-state index in [1.165, 1.54) is 56.3 Å². The van der Waals surface area contributed by atoms with E-state index in [4.69, 9.17) is 4.74 Å². The maximum atomic E-state index is 13.1. The molecule has 2 rings (SSSR count). The van der Waals surface area contributed by atoms with E-state index in [0.717, 1.165) is 29.5 Å². The smallest absolute Gasteiger partial charge is 0.305 e. The fourth-order valence-electron chi connectivity index (χ4n) is 5.13. The van der Waals surface area contributed by atoms with Gasteiger partial charge in [0.2, 0.25) is 0 Å². The van der Waals surface area contributed by atoms with E-state index in [1.807, 2.05) is 0 Å². The Morgan fingerprint density at radius 2 is 1.60 bits per heavy atom. The molecule has 300 valence electrons. The number of hydrogen-bond acceptors (Lipinski definition) is 9. The Labute approximate surface area is 325 Å². The zero-order valence-corrected chi connectivity index (χ0v) is 35.6. The summed E-state index contributed by atoms with van der Waals surface area (Å²) in [6.45, 7) is 24.5. The van der Waals surface area contributed by atoms with E-state index in [2.05, 4.69) is 97.7 Å². The first-order valence-electron chi connectivity index (χ1n) is 19.1. The molecule has 1 aromatic heterocycles. The summed E-state index contributed by atoms with van der Waals surface area (Å²) in [6.07, 6.45) is 15.2. The minimum atomic E-state index is -0.471. The summed E-state index contributed by atoms with van der Waals surface area (Å²) >= 11 is 1.37. The molecule has 11 heteroatoms. The van der Waals surface area contributed by atoms with Crippen LogP contribution < -0.4 is 10.6 Å². The number of ether oxygens (including phenoxy) is 1. The van der Waals surface area contributed by atoms with Gasteiger partial charge in [0, 0.05) is 48.4 Å². The first-order valence-corrected chi connectivity index (χ1v) is 19.9. The molecule has 1 amide bonds. The zero-order chi connectivity index (χ0) is 41.1. The molecule has 0 bridgehead atoms. The Hall–Kier alpha value is -3.62. The van der Waals surface area contributed by atoms with Crippen LogP contribution in [0.25, 0.3) is 0 Å². The van der Waals surface area contributed by atoms with Crippen molar-refractivity contribution >= 4 is 34.7 Å². The van der Waals surface area contributed by atoms with Crippen molar-refractivity contribution in [3.05, 3.63) is 56.0 Å². The summed E-state index contributed by atoms with van der Waals surface area (Å²) in [6, 6.07) is 5.90. The number of non-ortho nitro benzene ring substituents is 1. The van der Waals surface area contributed by atoms with Crippen LogP contribution in [0.15, 0.2) is 29.6 Å². The summed E-state index contributed by atoms with van der Waals surface area (Å²) in [5.74, 6) is 0.448. The molecule has 0 aliphatic rings. The summed E-state index contributed by atoms with van der Waals surface area (Å²) in [5, 5.41) is 19.8. The van der Waals surface area contributed by atoms with Gasteiger partial charge in [0.1, 0.15) is 11.5 Å². The molecule has 1 aromatic carbocycles. The molecule has 0 fully saturated rings. The minimum Gasteiger partial charge on any atom is -0.469 e. The van der Waals surface area contributed by atoms with E-state index in [-0.39, 0.29) is 41.5 Å². The summed E-state index contributed by atoms with van der Waals surface area (Å²) < 4.78 is 4.74. The fraction of sp³-hybridized carbons (Fsp3) is 0.667. The normalized spacial score (nSPS) is 12.5. The SMILES string of the molecule is C#C.CCC.CCC(C)(C)CCC(C)C.CCNC(CC(CC(C)=O)c1nc(C(=O)NC(CCC(=O)OC)Cc2ccc([N+](=O)[O-])cc2)cs1)C(C)C. The van der Waals surface area contributed by atoms with Crippen molar-refractivity contribution in [2.45, 2.75) is 152 Å². The first kappa shape index (κ1) is 51.5. The molecular formula is C42H70N4O6S. The monoisotopic (exact) mass is 759 g/mol. The number of ketones is 1. The Morgan fingerprint density at radius 1 is 1.02 bits per heavy atom. The molecule has 1 heterocycles. The van der Waals surface area contributed by atoms with Gasteiger partial charge >= 0.3 is 5.97 Å². The van der Waals surface area contributed by atoms with Gasteiger partial charge in [0.15, 0.2) is 0 Å². The summed E-state index contributed by atoms with van der Waals surface area (Å²) in [5.41, 5.74) is 1.60. The second-order valence-electron chi connectivity index (χ2n) is 14.9. The van der Waals surface area contributed by atoms with Crippen LogP contribution in [0.3, 0.4) is 0 Å². The topological polar surface area (TPSA) is 141 Å². The number of amides is 1. The number of hydrogen-bond donors (Lipinski definition) is 2. The fourth-order valence-corrected chi connectivity index (χ4v) is 6.05. The number of terminal acetylenes is 1. The highest BCUT2D eigenvalue weighted by molar-refractivity contribution is 7.10. The van der Waals surface area contributed by atoms with Gasteiger partial charge in [0.25, 0.3) is 11.6 Å². The van der Waals surface area contributed by atoms with Gasteiger partial charge < -0.3 is 20.2 Å². The third-order valence-electron chi connectivity index (χ3n) is 8.69. The van der Waals surface area contributed by atoms with Gasteiger partial charge in [-0.15, -0.1) is 24.2 Å². The molecule has 0 saturated carbocycles. The van der Waals surface area contributed by atoms with Crippen LogP contribution in [0.4, 0.5) is 5.69 Å². The minimum absolute atomic E-state index is 0.0205. The number of benzene rings is 1. The van der Waals surface area contributed by atoms with Crippen LogP contribution in [0.5, 0.6) is 0 Å². The number of rotatable bonds is 20. The largest absolute Gasteiger partial charge is 0.469 e. The lowest BCUT2D eigenvalue weighted by Gasteiger charge is -2.25. The quantitative estimate of drug-likeness (QED) is 0.0589. The molecule has 53 heavy (non-hydrogen) atoms. The molecule has 2 aromatic rings. The van der Waals surface area contributed by atoms with E-state index in [1.54, 1.807) is 24.4 Å². The predicted molar refractivity (Wildman–Crippen MR) is 220 cm³/mol. The molecule has 10 nitrogen and oxygen atoms in total. The van der Waals surface area contributed by atoms with Gasteiger partial charge in [-0.25, -0.2) is 4.98 Å².